The molecular formula is C19H16FNO2. The quantitative estimate of drug-likeness (QED) is 0.467. The largest absolute Gasteiger partial charge is 0.491 e. The van der Waals surface area contributed by atoms with Crippen LogP contribution in [0, 0.1) is 17.1 Å². The first-order valence-corrected chi connectivity index (χ1v) is 7.18. The topological polar surface area (TPSA) is 50.1 Å². The minimum absolute atomic E-state index is 0.00543. The van der Waals surface area contributed by atoms with E-state index >= 15 is 0 Å². The maximum Gasteiger partial charge on any atom is 0.203 e. The third kappa shape index (κ3) is 4.52. The van der Waals surface area contributed by atoms with Gasteiger partial charge in [-0.15, -0.1) is 0 Å². The highest BCUT2D eigenvalue weighted by Crippen LogP contribution is 2.17. The number of carbonyl (C=O) groups is 1. The second-order valence-corrected chi connectivity index (χ2v) is 5.24. The number of allylic oxidation sites excluding steroid dienone is 1. The van der Waals surface area contributed by atoms with Crippen molar-refractivity contribution in [1.29, 1.82) is 5.26 Å². The molecule has 116 valence electrons. The number of hydrogen-bond acceptors (Lipinski definition) is 3. The molecule has 0 N–H and O–H groups in total. The molecule has 0 unspecified atom stereocenters. The van der Waals surface area contributed by atoms with Crippen LogP contribution >= 0.6 is 0 Å². The monoisotopic (exact) mass is 309 g/mol. The minimum Gasteiger partial charge on any atom is -0.491 e. The summed E-state index contributed by atoms with van der Waals surface area (Å²) in [7, 11) is 0. The Balaban J connectivity index is 2.23. The summed E-state index contributed by atoms with van der Waals surface area (Å²) in [5, 5.41) is 9.21. The van der Waals surface area contributed by atoms with Crippen LogP contribution < -0.4 is 4.74 Å². The average Bonchev–Trinajstić information content (AvgIpc) is 2.53. The van der Waals surface area contributed by atoms with Crippen molar-refractivity contribution in [3.8, 4) is 11.8 Å². The van der Waals surface area contributed by atoms with Crippen LogP contribution in [0.5, 0.6) is 5.75 Å². The predicted molar refractivity (Wildman–Crippen MR) is 86.5 cm³/mol. The summed E-state index contributed by atoms with van der Waals surface area (Å²) in [6.45, 7) is 3.87. The zero-order valence-electron chi connectivity index (χ0n) is 12.9. The summed E-state index contributed by atoms with van der Waals surface area (Å²) in [4.78, 5) is 12.3. The van der Waals surface area contributed by atoms with Gasteiger partial charge in [0.1, 0.15) is 23.2 Å². The van der Waals surface area contributed by atoms with Crippen molar-refractivity contribution in [2.75, 3.05) is 0 Å². The summed E-state index contributed by atoms with van der Waals surface area (Å²) in [5.74, 6) is -0.139. The third-order valence-electron chi connectivity index (χ3n) is 3.03. The molecule has 0 aromatic heterocycles. The molecule has 4 heteroatoms. The molecule has 0 fully saturated rings. The van der Waals surface area contributed by atoms with Crippen molar-refractivity contribution >= 4 is 11.9 Å². The highest BCUT2D eigenvalue weighted by molar-refractivity contribution is 6.14. The molecule has 0 aliphatic heterocycles. The first-order valence-electron chi connectivity index (χ1n) is 7.18. The summed E-state index contributed by atoms with van der Waals surface area (Å²) in [6.07, 6.45) is 1.58. The van der Waals surface area contributed by atoms with Gasteiger partial charge in [0, 0.05) is 5.56 Å². The van der Waals surface area contributed by atoms with Gasteiger partial charge in [-0.25, -0.2) is 4.39 Å². The van der Waals surface area contributed by atoms with Crippen LogP contribution in [0.2, 0.25) is 0 Å². The molecule has 0 bridgehead atoms. The van der Waals surface area contributed by atoms with Crippen molar-refractivity contribution in [2.45, 2.75) is 20.0 Å². The van der Waals surface area contributed by atoms with E-state index in [-0.39, 0.29) is 17.2 Å². The van der Waals surface area contributed by atoms with Gasteiger partial charge >= 0.3 is 0 Å². The molecule has 2 aromatic carbocycles. The van der Waals surface area contributed by atoms with E-state index in [9.17, 15) is 14.4 Å². The lowest BCUT2D eigenvalue weighted by Gasteiger charge is -2.09. The summed E-state index contributed by atoms with van der Waals surface area (Å²) in [5.41, 5.74) is 0.987. The lowest BCUT2D eigenvalue weighted by molar-refractivity contribution is 0.104. The highest BCUT2D eigenvalue weighted by atomic mass is 19.1. The van der Waals surface area contributed by atoms with Crippen LogP contribution in [0.15, 0.2) is 54.1 Å². The number of Topliss-reactive ketones (excluding diaryl/α,β-unsaturated/α-hetero) is 1. The second kappa shape index (κ2) is 7.37. The van der Waals surface area contributed by atoms with Gasteiger partial charge in [-0.05, 0) is 61.9 Å². The lowest BCUT2D eigenvalue weighted by Crippen LogP contribution is -2.05. The molecule has 23 heavy (non-hydrogen) atoms. The number of nitrogens with zero attached hydrogens (tertiary/aromatic N) is 1. The van der Waals surface area contributed by atoms with E-state index < -0.39 is 11.6 Å². The number of nitriles is 1. The van der Waals surface area contributed by atoms with E-state index in [2.05, 4.69) is 0 Å². The second-order valence-electron chi connectivity index (χ2n) is 5.24. The molecule has 0 aliphatic carbocycles. The number of halogens is 1. The Kier molecular flexibility index (Phi) is 5.27. The Bertz CT molecular complexity index is 753. The number of ether oxygens (including phenoxy) is 1. The lowest BCUT2D eigenvalue weighted by atomic mass is 10.0. The van der Waals surface area contributed by atoms with Crippen molar-refractivity contribution in [3.63, 3.8) is 0 Å². The smallest absolute Gasteiger partial charge is 0.203 e. The number of benzene rings is 2. The summed E-state index contributed by atoms with van der Waals surface area (Å²) >= 11 is 0. The first kappa shape index (κ1) is 16.4. The van der Waals surface area contributed by atoms with E-state index in [0.717, 1.165) is 5.75 Å². The van der Waals surface area contributed by atoms with Crippen molar-refractivity contribution in [3.05, 3.63) is 71.0 Å². The summed E-state index contributed by atoms with van der Waals surface area (Å²) < 4.78 is 18.4. The van der Waals surface area contributed by atoms with E-state index in [1.54, 1.807) is 24.3 Å². The molecule has 2 aromatic rings. The van der Waals surface area contributed by atoms with Gasteiger partial charge in [0.05, 0.1) is 6.10 Å². The fourth-order valence-electron chi connectivity index (χ4n) is 1.99. The highest BCUT2D eigenvalue weighted by Gasteiger charge is 2.12. The zero-order valence-corrected chi connectivity index (χ0v) is 12.9. The van der Waals surface area contributed by atoms with Gasteiger partial charge in [0.15, 0.2) is 0 Å². The van der Waals surface area contributed by atoms with Gasteiger partial charge in [-0.1, -0.05) is 12.1 Å². The SMILES string of the molecule is CC(C)Oc1ccc(/C=C(/C#N)C(=O)c2ccc(F)cc2)cc1. The first-order chi connectivity index (χ1) is 11.0. The van der Waals surface area contributed by atoms with Gasteiger partial charge in [-0.3, -0.25) is 4.79 Å². The van der Waals surface area contributed by atoms with Crippen LogP contribution in [0.3, 0.4) is 0 Å². The fourth-order valence-corrected chi connectivity index (χ4v) is 1.99. The molecule has 0 amide bonds. The van der Waals surface area contributed by atoms with Gasteiger partial charge in [-0.2, -0.15) is 5.26 Å². The van der Waals surface area contributed by atoms with E-state index in [1.165, 1.54) is 30.3 Å². The van der Waals surface area contributed by atoms with Crippen molar-refractivity contribution in [2.24, 2.45) is 0 Å². The number of hydrogen-bond donors (Lipinski definition) is 0. The van der Waals surface area contributed by atoms with Crippen LogP contribution in [-0.2, 0) is 0 Å². The molecule has 0 saturated carbocycles. The maximum absolute atomic E-state index is 12.9. The standard InChI is InChI=1S/C19H16FNO2/c1-13(2)23-18-9-3-14(4-10-18)11-16(12-21)19(22)15-5-7-17(20)8-6-15/h3-11,13H,1-2H3/b16-11-. The maximum atomic E-state index is 12.9. The van der Waals surface area contributed by atoms with Gasteiger partial charge in [0.2, 0.25) is 5.78 Å². The minimum atomic E-state index is -0.435. The Morgan fingerprint density at radius 1 is 1.13 bits per heavy atom. The Labute approximate surface area is 134 Å². The number of carbonyl (C=O) groups excluding carboxylic acids is 1. The molecule has 0 atom stereocenters. The molecule has 0 radical (unpaired) electrons. The number of ketones is 1. The zero-order chi connectivity index (χ0) is 16.8. The van der Waals surface area contributed by atoms with Crippen molar-refractivity contribution in [1.82, 2.24) is 0 Å². The van der Waals surface area contributed by atoms with Crippen LogP contribution in [0.25, 0.3) is 6.08 Å². The van der Waals surface area contributed by atoms with E-state index in [0.29, 0.717) is 5.56 Å². The van der Waals surface area contributed by atoms with Crippen LogP contribution in [-0.4, -0.2) is 11.9 Å². The molecular weight excluding hydrogens is 293 g/mol. The molecule has 0 heterocycles. The fraction of sp³-hybridized carbons (Fsp3) is 0.158. The Morgan fingerprint density at radius 3 is 2.26 bits per heavy atom. The van der Waals surface area contributed by atoms with Crippen LogP contribution in [0.4, 0.5) is 4.39 Å². The predicted octanol–water partition coefficient (Wildman–Crippen LogP) is 4.40. The molecule has 0 spiro atoms. The Hall–Kier alpha value is -2.93. The normalized spacial score (nSPS) is 11.2. The molecule has 3 nitrogen and oxygen atoms in total. The van der Waals surface area contributed by atoms with Gasteiger partial charge in [0.25, 0.3) is 0 Å². The van der Waals surface area contributed by atoms with Gasteiger partial charge < -0.3 is 4.74 Å². The Morgan fingerprint density at radius 2 is 1.74 bits per heavy atom. The third-order valence-corrected chi connectivity index (χ3v) is 3.03. The molecule has 2 rings (SSSR count). The molecule has 0 aliphatic rings. The molecule has 0 saturated heterocycles. The van der Waals surface area contributed by atoms with Crippen molar-refractivity contribution < 1.29 is 13.9 Å². The average molecular weight is 309 g/mol. The van der Waals surface area contributed by atoms with E-state index in [1.807, 2.05) is 19.9 Å². The number of rotatable bonds is 5. The van der Waals surface area contributed by atoms with E-state index in [4.69, 9.17) is 4.74 Å². The summed E-state index contributed by atoms with van der Waals surface area (Å²) in [6, 6.07) is 14.1. The van der Waals surface area contributed by atoms with Crippen LogP contribution in [0.1, 0.15) is 29.8 Å².